The Morgan fingerprint density at radius 1 is 0.308 bits per heavy atom. The molecule has 4 heteroatoms. The molecule has 8 rings (SSSR count). The molecule has 1 aromatic heterocycles. The van der Waals surface area contributed by atoms with E-state index in [1.807, 2.05) is 24.4 Å². The first-order chi connectivity index (χ1) is 25.7. The van der Waals surface area contributed by atoms with E-state index in [0.29, 0.717) is 11.3 Å². The normalized spacial score (nSPS) is 11.5. The quantitative estimate of drug-likeness (QED) is 0.114. The molecule has 0 aliphatic heterocycles. The Hall–Kier alpha value is -6.21. The zero-order valence-electron chi connectivity index (χ0n) is 28.7. The van der Waals surface area contributed by atoms with Crippen LogP contribution in [0, 0.1) is 0 Å². The molecule has 52 heavy (non-hydrogen) atoms. The maximum Gasteiger partial charge on any atom is 0.211 e. The molecule has 0 aliphatic carbocycles. The van der Waals surface area contributed by atoms with Gasteiger partial charge >= 0.3 is 0 Å². The molecular formula is C48H37NOSi2. The van der Waals surface area contributed by atoms with Crippen LogP contribution in [0.25, 0.3) is 0 Å². The highest BCUT2D eigenvalue weighted by Gasteiger charge is 2.43. The first-order valence-corrected chi connectivity index (χ1v) is 21.7. The second kappa shape index (κ2) is 14.6. The smallest absolute Gasteiger partial charge is 0.211 e. The number of aromatic nitrogens is 1. The molecule has 2 nitrogen and oxygen atoms in total. The van der Waals surface area contributed by atoms with Gasteiger partial charge in [0, 0.05) is 11.8 Å². The van der Waals surface area contributed by atoms with Crippen molar-refractivity contribution < 1.29 is 4.79 Å². The van der Waals surface area contributed by atoms with Gasteiger partial charge in [0.25, 0.3) is 0 Å². The van der Waals surface area contributed by atoms with Crippen LogP contribution in [0.1, 0.15) is 16.1 Å². The van der Waals surface area contributed by atoms with E-state index in [-0.39, 0.29) is 5.78 Å². The number of carbonyl (C=O) groups is 1. The lowest BCUT2D eigenvalue weighted by molar-refractivity contribution is 0.103. The number of rotatable bonds is 10. The maximum atomic E-state index is 14.1. The molecule has 0 N–H and O–H groups in total. The van der Waals surface area contributed by atoms with Crippen molar-refractivity contribution in [3.8, 4) is 0 Å². The summed E-state index contributed by atoms with van der Waals surface area (Å²) < 4.78 is 0. The topological polar surface area (TPSA) is 30.0 Å². The monoisotopic (exact) mass is 699 g/mol. The molecule has 0 amide bonds. The molecule has 248 valence electrons. The highest BCUT2D eigenvalue weighted by atomic mass is 28.3. The van der Waals surface area contributed by atoms with Gasteiger partial charge in [0.2, 0.25) is 5.78 Å². The standard InChI is InChI=1S/C48H37NOSi2/c50-48(38-31-33-45(34-32-38)51(39-19-7-1-8-20-39,40-21-9-2-10-22-40)41-23-11-3-12-24-41)47-36-35-46(37-49-47)52(42-25-13-4-14-26-42,43-27-15-5-16-28-43)44-29-17-6-18-30-44/h1-37H. The lowest BCUT2D eigenvalue weighted by atomic mass is 10.1. The van der Waals surface area contributed by atoms with Crippen LogP contribution in [0.15, 0.2) is 225 Å². The van der Waals surface area contributed by atoms with Gasteiger partial charge in [-0.1, -0.05) is 212 Å². The van der Waals surface area contributed by atoms with Crippen molar-refractivity contribution in [2.45, 2.75) is 0 Å². The van der Waals surface area contributed by atoms with Crippen molar-refractivity contribution in [2.24, 2.45) is 0 Å². The second-order valence-electron chi connectivity index (χ2n) is 13.0. The molecule has 0 radical (unpaired) electrons. The van der Waals surface area contributed by atoms with Crippen molar-refractivity contribution in [3.63, 3.8) is 0 Å². The fourth-order valence-corrected chi connectivity index (χ4v) is 17.3. The Kier molecular flexibility index (Phi) is 9.24. The van der Waals surface area contributed by atoms with Gasteiger partial charge in [-0.2, -0.15) is 0 Å². The van der Waals surface area contributed by atoms with E-state index < -0.39 is 16.1 Å². The minimum Gasteiger partial charge on any atom is -0.287 e. The van der Waals surface area contributed by atoms with Gasteiger partial charge in [-0.25, -0.2) is 0 Å². The SMILES string of the molecule is O=C(c1ccc([Si](c2ccccc2)(c2ccccc2)c2ccccc2)cc1)c1ccc([Si](c2ccccc2)(c2ccccc2)c2ccccc2)cn1. The van der Waals surface area contributed by atoms with Crippen LogP contribution in [0.2, 0.25) is 0 Å². The third-order valence-corrected chi connectivity index (χ3v) is 19.8. The highest BCUT2D eigenvalue weighted by Crippen LogP contribution is 2.14. The summed E-state index contributed by atoms with van der Waals surface area (Å²) in [6.07, 6.45) is 1.94. The number of ketones is 1. The molecule has 0 atom stereocenters. The van der Waals surface area contributed by atoms with Crippen molar-refractivity contribution >= 4 is 63.4 Å². The van der Waals surface area contributed by atoms with E-state index in [4.69, 9.17) is 4.98 Å². The molecule has 0 bridgehead atoms. The van der Waals surface area contributed by atoms with Gasteiger partial charge < -0.3 is 0 Å². The summed E-state index contributed by atoms with van der Waals surface area (Å²) in [5, 5.41) is 10.1. The molecule has 0 unspecified atom stereocenters. The second-order valence-corrected chi connectivity index (χ2v) is 20.7. The van der Waals surface area contributed by atoms with E-state index in [1.54, 1.807) is 0 Å². The van der Waals surface area contributed by atoms with Crippen LogP contribution < -0.4 is 41.5 Å². The van der Waals surface area contributed by atoms with Crippen molar-refractivity contribution in [3.05, 3.63) is 236 Å². The van der Waals surface area contributed by atoms with Crippen LogP contribution in [0.3, 0.4) is 0 Å². The fourth-order valence-electron chi connectivity index (χ4n) is 7.90. The van der Waals surface area contributed by atoms with Gasteiger partial charge in [0.15, 0.2) is 16.1 Å². The highest BCUT2D eigenvalue weighted by molar-refractivity contribution is 7.20. The maximum absolute atomic E-state index is 14.1. The van der Waals surface area contributed by atoms with Gasteiger partial charge in [0.05, 0.1) is 0 Å². The summed E-state index contributed by atoms with van der Waals surface area (Å²) in [6, 6.07) is 77.1. The van der Waals surface area contributed by atoms with Crippen LogP contribution >= 0.6 is 0 Å². The lowest BCUT2D eigenvalue weighted by Crippen LogP contribution is -2.74. The van der Waals surface area contributed by atoms with E-state index in [2.05, 4.69) is 200 Å². The summed E-state index contributed by atoms with van der Waals surface area (Å²) in [6.45, 7) is 0. The molecule has 0 fully saturated rings. The van der Waals surface area contributed by atoms with E-state index in [0.717, 1.165) is 5.19 Å². The van der Waals surface area contributed by atoms with Crippen molar-refractivity contribution in [1.29, 1.82) is 0 Å². The summed E-state index contributed by atoms with van der Waals surface area (Å²) in [5.74, 6) is -0.0871. The number of benzene rings is 7. The number of pyridine rings is 1. The molecule has 0 aliphatic rings. The molecule has 0 saturated heterocycles. The van der Waals surface area contributed by atoms with Crippen molar-refractivity contribution in [1.82, 2.24) is 4.98 Å². The zero-order chi connectivity index (χ0) is 35.2. The largest absolute Gasteiger partial charge is 0.287 e. The first kappa shape index (κ1) is 33.0. The van der Waals surface area contributed by atoms with Crippen LogP contribution in [-0.4, -0.2) is 26.9 Å². The van der Waals surface area contributed by atoms with Crippen molar-refractivity contribution in [2.75, 3.05) is 0 Å². The molecule has 1 heterocycles. The van der Waals surface area contributed by atoms with E-state index in [1.165, 1.54) is 36.3 Å². The average molecular weight is 700 g/mol. The average Bonchev–Trinajstić information content (AvgIpc) is 3.24. The van der Waals surface area contributed by atoms with E-state index >= 15 is 0 Å². The Balaban J connectivity index is 1.21. The third kappa shape index (κ3) is 5.78. The minimum absolute atomic E-state index is 0.0871. The number of carbonyl (C=O) groups excluding carboxylic acids is 1. The Morgan fingerprint density at radius 3 is 0.865 bits per heavy atom. The summed E-state index contributed by atoms with van der Waals surface area (Å²) in [5.41, 5.74) is 1.06. The Bertz CT molecular complexity index is 2000. The number of hydrogen-bond donors (Lipinski definition) is 0. The lowest BCUT2D eigenvalue weighted by Gasteiger charge is -2.34. The van der Waals surface area contributed by atoms with Crippen LogP contribution in [-0.2, 0) is 0 Å². The Labute approximate surface area is 307 Å². The first-order valence-electron chi connectivity index (χ1n) is 17.7. The Morgan fingerprint density at radius 2 is 0.577 bits per heavy atom. The van der Waals surface area contributed by atoms with E-state index in [9.17, 15) is 4.79 Å². The molecule has 7 aromatic carbocycles. The molecule has 0 saturated carbocycles. The van der Waals surface area contributed by atoms with Gasteiger partial charge in [0.1, 0.15) is 5.69 Å². The van der Waals surface area contributed by atoms with Gasteiger partial charge in [-0.05, 0) is 47.6 Å². The summed E-state index contributed by atoms with van der Waals surface area (Å²) in [4.78, 5) is 19.1. The summed E-state index contributed by atoms with van der Waals surface area (Å²) >= 11 is 0. The van der Waals surface area contributed by atoms with Gasteiger partial charge in [-0.3, -0.25) is 9.78 Å². The predicted octanol–water partition coefficient (Wildman–Crippen LogP) is 5.07. The van der Waals surface area contributed by atoms with Gasteiger partial charge in [-0.15, -0.1) is 0 Å². The minimum atomic E-state index is -2.73. The van der Waals surface area contributed by atoms with Crippen LogP contribution in [0.4, 0.5) is 0 Å². The zero-order valence-corrected chi connectivity index (χ0v) is 30.7. The fraction of sp³-hybridized carbons (Fsp3) is 0. The molecule has 8 aromatic rings. The number of hydrogen-bond acceptors (Lipinski definition) is 2. The molecular weight excluding hydrogens is 663 g/mol. The van der Waals surface area contributed by atoms with Crippen LogP contribution in [0.5, 0.6) is 0 Å². The third-order valence-electron chi connectivity index (χ3n) is 10.3. The predicted molar refractivity (Wildman–Crippen MR) is 221 cm³/mol. The molecule has 0 spiro atoms. The number of nitrogens with zero attached hydrogens (tertiary/aromatic N) is 1. The summed E-state index contributed by atoms with van der Waals surface area (Å²) in [7, 11) is -5.42.